The van der Waals surface area contributed by atoms with E-state index < -0.39 is 64.6 Å². The summed E-state index contributed by atoms with van der Waals surface area (Å²) < 4.78 is 5.72. The Morgan fingerprint density at radius 3 is 2.12 bits per heavy atom. The zero-order valence-electron chi connectivity index (χ0n) is 30.6. The lowest BCUT2D eigenvalue weighted by atomic mass is 9.85. The van der Waals surface area contributed by atoms with Gasteiger partial charge in [-0.15, -0.1) is 0 Å². The highest BCUT2D eigenvalue weighted by atomic mass is 16.5. The molecule has 5 atom stereocenters. The topological polar surface area (TPSA) is 177 Å². The van der Waals surface area contributed by atoms with Crippen molar-refractivity contribution < 1.29 is 33.5 Å². The number of carbonyl (C=O) groups is 6. The third kappa shape index (κ3) is 10.3. The van der Waals surface area contributed by atoms with Crippen LogP contribution < -0.4 is 21.7 Å². The number of carbonyl (C=O) groups excluding carboxylic acids is 6. The van der Waals surface area contributed by atoms with E-state index in [1.807, 2.05) is 65.0 Å². The number of primary amides is 1. The second kappa shape index (κ2) is 16.4. The van der Waals surface area contributed by atoms with Crippen LogP contribution in [0, 0.1) is 29.1 Å². The van der Waals surface area contributed by atoms with Gasteiger partial charge < -0.3 is 31.3 Å². The molecule has 1 saturated heterocycles. The zero-order valence-corrected chi connectivity index (χ0v) is 30.6. The van der Waals surface area contributed by atoms with Gasteiger partial charge >= 0.3 is 12.0 Å². The van der Waals surface area contributed by atoms with Crippen molar-refractivity contribution in [3.63, 3.8) is 0 Å². The van der Waals surface area contributed by atoms with E-state index in [0.29, 0.717) is 19.3 Å². The van der Waals surface area contributed by atoms with Crippen LogP contribution >= 0.6 is 0 Å². The van der Waals surface area contributed by atoms with E-state index in [0.717, 1.165) is 44.1 Å². The molecule has 0 spiro atoms. The average Bonchev–Trinajstić information content (AvgIpc) is 3.50. The predicted molar refractivity (Wildman–Crippen MR) is 188 cm³/mol. The van der Waals surface area contributed by atoms with Crippen LogP contribution in [0.15, 0.2) is 30.3 Å². The van der Waals surface area contributed by atoms with Gasteiger partial charge in [-0.2, -0.15) is 0 Å². The molecule has 50 heavy (non-hydrogen) atoms. The van der Waals surface area contributed by atoms with Gasteiger partial charge in [0.25, 0.3) is 5.91 Å². The van der Waals surface area contributed by atoms with Gasteiger partial charge in [0.15, 0.2) is 0 Å². The maximum atomic E-state index is 14.4. The molecule has 276 valence electrons. The highest BCUT2D eigenvalue weighted by Gasteiger charge is 2.47. The number of Topliss-reactive ketones (excluding diaryl/α,β-unsaturated/α-hetero) is 1. The Balaban J connectivity index is 1.52. The number of rotatable bonds is 15. The van der Waals surface area contributed by atoms with E-state index in [1.54, 1.807) is 6.92 Å². The predicted octanol–water partition coefficient (Wildman–Crippen LogP) is 4.00. The first-order chi connectivity index (χ1) is 23.5. The van der Waals surface area contributed by atoms with E-state index in [9.17, 15) is 28.8 Å². The van der Waals surface area contributed by atoms with Gasteiger partial charge in [0.05, 0.1) is 6.04 Å². The van der Waals surface area contributed by atoms with E-state index in [4.69, 9.17) is 10.5 Å². The number of benzene rings is 1. The fourth-order valence-electron chi connectivity index (χ4n) is 7.29. The maximum absolute atomic E-state index is 14.4. The molecule has 0 bridgehead atoms. The summed E-state index contributed by atoms with van der Waals surface area (Å²) in [6.45, 7) is 11.5. The molecule has 2 aliphatic carbocycles. The third-order valence-corrected chi connectivity index (χ3v) is 10.6. The Bertz CT molecular complexity index is 1400. The number of ether oxygens (including phenoxy) is 1. The van der Waals surface area contributed by atoms with Crippen LogP contribution in [0.5, 0.6) is 0 Å². The number of amides is 5. The molecule has 0 radical (unpaired) electrons. The molecule has 12 heteroatoms. The van der Waals surface area contributed by atoms with Crippen molar-refractivity contribution in [2.45, 2.75) is 130 Å². The van der Waals surface area contributed by atoms with Crippen molar-refractivity contribution in [2.75, 3.05) is 6.54 Å². The number of nitrogens with two attached hydrogens (primary N) is 1. The monoisotopic (exact) mass is 695 g/mol. The Morgan fingerprint density at radius 2 is 1.56 bits per heavy atom. The fraction of sp³-hybridized carbons (Fsp3) is 0.684. The summed E-state index contributed by atoms with van der Waals surface area (Å²) in [5.41, 5.74) is 4.01. The Hall–Kier alpha value is -3.96. The first kappa shape index (κ1) is 38.8. The Morgan fingerprint density at radius 1 is 0.920 bits per heavy atom. The summed E-state index contributed by atoms with van der Waals surface area (Å²) in [7, 11) is 0. The van der Waals surface area contributed by atoms with Crippen LogP contribution in [-0.2, 0) is 35.3 Å². The second-order valence-electron chi connectivity index (χ2n) is 16.4. The first-order valence-corrected chi connectivity index (χ1v) is 18.2. The van der Waals surface area contributed by atoms with Crippen molar-refractivity contribution in [3.8, 4) is 0 Å². The quantitative estimate of drug-likeness (QED) is 0.158. The summed E-state index contributed by atoms with van der Waals surface area (Å²) in [6, 6.07) is 5.62. The van der Waals surface area contributed by atoms with Crippen LogP contribution in [-0.4, -0.2) is 70.6 Å². The third-order valence-electron chi connectivity index (χ3n) is 10.6. The summed E-state index contributed by atoms with van der Waals surface area (Å²) >= 11 is 0. The molecule has 12 nitrogen and oxygen atoms in total. The van der Waals surface area contributed by atoms with E-state index >= 15 is 0 Å². The molecule has 4 rings (SSSR count). The van der Waals surface area contributed by atoms with Crippen molar-refractivity contribution in [3.05, 3.63) is 35.9 Å². The van der Waals surface area contributed by atoms with Crippen LogP contribution in [0.3, 0.4) is 0 Å². The van der Waals surface area contributed by atoms with Crippen molar-refractivity contribution >= 4 is 35.5 Å². The largest absolute Gasteiger partial charge is 0.459 e. The molecule has 0 aromatic heterocycles. The molecule has 2 saturated carbocycles. The minimum Gasteiger partial charge on any atom is -0.459 e. The molecule has 5 amide bonds. The van der Waals surface area contributed by atoms with E-state index in [-0.39, 0.29) is 36.8 Å². The van der Waals surface area contributed by atoms with Crippen LogP contribution in [0.4, 0.5) is 4.79 Å². The Labute approximate surface area is 296 Å². The number of hydrogen-bond acceptors (Lipinski definition) is 7. The minimum absolute atomic E-state index is 0.00745. The maximum Gasteiger partial charge on any atom is 0.331 e. The zero-order chi connectivity index (χ0) is 36.8. The number of urea groups is 1. The SMILES string of the molecule is CC(C)[C@@H]1C[C@@H](C(=O)NC(CC2CC2)C(=O)C(N)=O)N(C(=O)[C@@H](NC(=O)N[C@](C)(CC2CCCC2)C(=O)OCc2ccccc2)C(C)(C)C)C1. The molecule has 5 N–H and O–H groups in total. The number of likely N-dealkylation sites (tertiary alicyclic amines) is 1. The lowest BCUT2D eigenvalue weighted by molar-refractivity contribution is -0.152. The molecule has 1 heterocycles. The molecule has 1 aromatic carbocycles. The normalized spacial score (nSPS) is 21.9. The van der Waals surface area contributed by atoms with Gasteiger partial charge in [-0.1, -0.05) is 103 Å². The van der Waals surface area contributed by atoms with E-state index in [2.05, 4.69) is 16.0 Å². The number of ketones is 1. The van der Waals surface area contributed by atoms with Crippen molar-refractivity contribution in [2.24, 2.45) is 34.8 Å². The lowest BCUT2D eigenvalue weighted by Crippen LogP contribution is -2.63. The standard InChI is InChI=1S/C38H57N5O7/c1-23(2)27-19-29(33(46)40-28(18-24-16-17-24)30(44)32(39)45)43(21-27)34(47)31(37(3,4)5)41-36(49)42-38(6,20-25-12-10-11-13-25)35(48)50-22-26-14-8-7-9-15-26/h7-9,14-15,23-25,27-29,31H,10-13,16-22H2,1-6H3,(H2,39,45)(H,40,46)(H2,41,42,49)/t27-,28?,29+,31-,38-/m1/s1. The highest BCUT2D eigenvalue weighted by molar-refractivity contribution is 6.37. The number of esters is 1. The fourth-order valence-corrected chi connectivity index (χ4v) is 7.29. The smallest absolute Gasteiger partial charge is 0.331 e. The van der Waals surface area contributed by atoms with Crippen molar-refractivity contribution in [1.82, 2.24) is 20.9 Å². The molecular weight excluding hydrogens is 638 g/mol. The number of nitrogens with zero attached hydrogens (tertiary/aromatic N) is 1. The van der Waals surface area contributed by atoms with Gasteiger partial charge in [0, 0.05) is 6.54 Å². The average molecular weight is 696 g/mol. The molecule has 3 aliphatic rings. The number of hydrogen-bond donors (Lipinski definition) is 4. The number of nitrogens with one attached hydrogen (secondary N) is 3. The van der Waals surface area contributed by atoms with Gasteiger partial charge in [0.2, 0.25) is 17.6 Å². The second-order valence-corrected chi connectivity index (χ2v) is 16.4. The first-order valence-electron chi connectivity index (χ1n) is 18.2. The molecule has 1 aromatic rings. The lowest BCUT2D eigenvalue weighted by Gasteiger charge is -2.37. The van der Waals surface area contributed by atoms with Gasteiger partial charge in [0.1, 0.15) is 24.2 Å². The molecular formula is C38H57N5O7. The van der Waals surface area contributed by atoms with Crippen LogP contribution in [0.1, 0.15) is 105 Å². The van der Waals surface area contributed by atoms with Crippen LogP contribution in [0.2, 0.25) is 0 Å². The highest BCUT2D eigenvalue weighted by Crippen LogP contribution is 2.36. The van der Waals surface area contributed by atoms with E-state index in [1.165, 1.54) is 4.90 Å². The summed E-state index contributed by atoms with van der Waals surface area (Å²) in [5, 5.41) is 8.48. The van der Waals surface area contributed by atoms with Gasteiger partial charge in [-0.05, 0) is 60.8 Å². The molecule has 1 unspecified atom stereocenters. The molecule has 3 fully saturated rings. The summed E-state index contributed by atoms with van der Waals surface area (Å²) in [6.07, 6.45) is 6.94. The van der Waals surface area contributed by atoms with Crippen molar-refractivity contribution in [1.29, 1.82) is 0 Å². The summed E-state index contributed by atoms with van der Waals surface area (Å²) in [5.74, 6) is -2.86. The molecule has 1 aliphatic heterocycles. The van der Waals surface area contributed by atoms with Gasteiger partial charge in [-0.25, -0.2) is 9.59 Å². The van der Waals surface area contributed by atoms with Crippen LogP contribution in [0.25, 0.3) is 0 Å². The van der Waals surface area contributed by atoms with Gasteiger partial charge in [-0.3, -0.25) is 19.2 Å². The minimum atomic E-state index is -1.35. The summed E-state index contributed by atoms with van der Waals surface area (Å²) in [4.78, 5) is 81.6. The Kier molecular flexibility index (Phi) is 12.7.